The number of carboxylic acid groups (broad SMARTS) is 1. The first-order valence-electron chi connectivity index (χ1n) is 6.64. The highest BCUT2D eigenvalue weighted by molar-refractivity contribution is 5.71. The molecule has 0 radical (unpaired) electrons. The Hall–Kier alpha value is -2.88. The van der Waals surface area contributed by atoms with Gasteiger partial charge in [0.05, 0.1) is 6.42 Å². The minimum Gasteiger partial charge on any atom is -0.481 e. The predicted octanol–water partition coefficient (Wildman–Crippen LogP) is 3.49. The third-order valence-electron chi connectivity index (χ3n) is 3.24. The number of imidazole rings is 1. The van der Waals surface area contributed by atoms with E-state index in [0.717, 1.165) is 22.3 Å². The average Bonchev–Trinajstić information content (AvgIpc) is 2.95. The maximum absolute atomic E-state index is 10.5. The van der Waals surface area contributed by atoms with Crippen molar-refractivity contribution >= 4 is 17.7 Å². The summed E-state index contributed by atoms with van der Waals surface area (Å²) >= 11 is 0. The highest BCUT2D eigenvalue weighted by atomic mass is 16.4. The van der Waals surface area contributed by atoms with Gasteiger partial charge in [0, 0.05) is 18.6 Å². The molecule has 3 aromatic rings. The van der Waals surface area contributed by atoms with Gasteiger partial charge in [-0.2, -0.15) is 0 Å². The second kappa shape index (κ2) is 5.63. The Bertz CT molecular complexity index is 801. The van der Waals surface area contributed by atoms with Crippen molar-refractivity contribution in [2.75, 3.05) is 0 Å². The van der Waals surface area contributed by atoms with Crippen molar-refractivity contribution in [3.63, 3.8) is 0 Å². The molecule has 0 atom stereocenters. The molecule has 0 fully saturated rings. The van der Waals surface area contributed by atoms with Gasteiger partial charge in [0.25, 0.3) is 0 Å². The summed E-state index contributed by atoms with van der Waals surface area (Å²) in [5.74, 6) is -0.823. The van der Waals surface area contributed by atoms with Gasteiger partial charge in [0.2, 0.25) is 0 Å². The normalized spacial score (nSPS) is 11.2. The van der Waals surface area contributed by atoms with E-state index >= 15 is 0 Å². The lowest BCUT2D eigenvalue weighted by Crippen LogP contribution is -1.89. The van der Waals surface area contributed by atoms with Crippen LogP contribution in [0.4, 0.5) is 0 Å². The second-order valence-corrected chi connectivity index (χ2v) is 4.73. The number of aliphatic carboxylic acids is 1. The molecule has 0 saturated carbocycles. The Labute approximate surface area is 122 Å². The summed E-state index contributed by atoms with van der Waals surface area (Å²) in [6, 6.07) is 12.0. The van der Waals surface area contributed by atoms with Crippen molar-refractivity contribution in [2.45, 2.75) is 6.42 Å². The molecule has 0 aliphatic rings. The SMILES string of the molecule is O=C(O)CC=Cc1ccc(-c2ccc3nccn3c2)cc1. The summed E-state index contributed by atoms with van der Waals surface area (Å²) in [6.45, 7) is 0. The molecule has 104 valence electrons. The summed E-state index contributed by atoms with van der Waals surface area (Å²) in [7, 11) is 0. The number of hydrogen-bond donors (Lipinski definition) is 1. The highest BCUT2D eigenvalue weighted by Crippen LogP contribution is 2.20. The van der Waals surface area contributed by atoms with Crippen LogP contribution in [-0.4, -0.2) is 20.5 Å². The highest BCUT2D eigenvalue weighted by Gasteiger charge is 2.00. The summed E-state index contributed by atoms with van der Waals surface area (Å²) < 4.78 is 1.98. The van der Waals surface area contributed by atoms with Crippen LogP contribution in [0.2, 0.25) is 0 Å². The summed E-state index contributed by atoms with van der Waals surface area (Å²) in [5.41, 5.74) is 4.14. The summed E-state index contributed by atoms with van der Waals surface area (Å²) in [6.07, 6.45) is 9.24. The van der Waals surface area contributed by atoms with Gasteiger partial charge >= 0.3 is 5.97 Å². The molecule has 0 aliphatic heterocycles. The Kier molecular flexibility index (Phi) is 3.51. The molecule has 0 unspecified atom stereocenters. The van der Waals surface area contributed by atoms with E-state index in [4.69, 9.17) is 5.11 Å². The largest absolute Gasteiger partial charge is 0.481 e. The van der Waals surface area contributed by atoms with E-state index in [2.05, 4.69) is 4.98 Å². The smallest absolute Gasteiger partial charge is 0.307 e. The topological polar surface area (TPSA) is 54.6 Å². The Morgan fingerprint density at radius 3 is 2.67 bits per heavy atom. The first-order chi connectivity index (χ1) is 10.2. The van der Waals surface area contributed by atoms with Crippen LogP contribution in [0.1, 0.15) is 12.0 Å². The van der Waals surface area contributed by atoms with Gasteiger partial charge in [0.15, 0.2) is 0 Å². The fourth-order valence-corrected chi connectivity index (χ4v) is 2.17. The third kappa shape index (κ3) is 3.00. The van der Waals surface area contributed by atoms with Crippen molar-refractivity contribution in [1.29, 1.82) is 0 Å². The Morgan fingerprint density at radius 1 is 1.14 bits per heavy atom. The molecule has 0 bridgehead atoms. The van der Waals surface area contributed by atoms with Crippen LogP contribution in [0.3, 0.4) is 0 Å². The minimum absolute atomic E-state index is 0.0407. The molecule has 1 aromatic carbocycles. The zero-order valence-corrected chi connectivity index (χ0v) is 11.3. The lowest BCUT2D eigenvalue weighted by molar-refractivity contribution is -0.135. The van der Waals surface area contributed by atoms with E-state index in [1.807, 2.05) is 59.3 Å². The van der Waals surface area contributed by atoms with E-state index in [9.17, 15) is 4.79 Å². The van der Waals surface area contributed by atoms with Crippen LogP contribution in [0.25, 0.3) is 22.9 Å². The fraction of sp³-hybridized carbons (Fsp3) is 0.0588. The Morgan fingerprint density at radius 2 is 1.90 bits per heavy atom. The molecule has 0 saturated heterocycles. The van der Waals surface area contributed by atoms with Gasteiger partial charge in [-0.25, -0.2) is 4.98 Å². The first kappa shape index (κ1) is 13.1. The van der Waals surface area contributed by atoms with E-state index < -0.39 is 5.97 Å². The third-order valence-corrected chi connectivity index (χ3v) is 3.24. The maximum Gasteiger partial charge on any atom is 0.307 e. The van der Waals surface area contributed by atoms with Gasteiger partial charge < -0.3 is 9.51 Å². The molecule has 2 heterocycles. The van der Waals surface area contributed by atoms with E-state index in [0.29, 0.717) is 0 Å². The molecule has 4 heteroatoms. The van der Waals surface area contributed by atoms with E-state index in [1.165, 1.54) is 0 Å². The van der Waals surface area contributed by atoms with Crippen LogP contribution < -0.4 is 0 Å². The number of hydrogen-bond acceptors (Lipinski definition) is 2. The molecular formula is C17H14N2O2. The molecule has 2 aromatic heterocycles. The number of carboxylic acids is 1. The monoisotopic (exact) mass is 278 g/mol. The second-order valence-electron chi connectivity index (χ2n) is 4.73. The fourth-order valence-electron chi connectivity index (χ4n) is 2.17. The lowest BCUT2D eigenvalue weighted by Gasteiger charge is -2.03. The number of benzene rings is 1. The van der Waals surface area contributed by atoms with Crippen molar-refractivity contribution in [3.8, 4) is 11.1 Å². The summed E-state index contributed by atoms with van der Waals surface area (Å²) in [4.78, 5) is 14.7. The van der Waals surface area contributed by atoms with Crippen LogP contribution in [0, 0.1) is 0 Å². The lowest BCUT2D eigenvalue weighted by atomic mass is 10.1. The zero-order valence-electron chi connectivity index (χ0n) is 11.3. The van der Waals surface area contributed by atoms with Gasteiger partial charge in [0.1, 0.15) is 5.65 Å². The standard InChI is InChI=1S/C17H14N2O2/c20-17(21)3-1-2-13-4-6-14(7-5-13)15-8-9-16-18-10-11-19(16)12-15/h1-2,4-12H,3H2,(H,20,21). The van der Waals surface area contributed by atoms with Crippen molar-refractivity contribution in [1.82, 2.24) is 9.38 Å². The molecule has 21 heavy (non-hydrogen) atoms. The van der Waals surface area contributed by atoms with Crippen LogP contribution in [0.5, 0.6) is 0 Å². The number of nitrogens with zero attached hydrogens (tertiary/aromatic N) is 2. The van der Waals surface area contributed by atoms with Gasteiger partial charge in [-0.05, 0) is 28.8 Å². The first-order valence-corrected chi connectivity index (χ1v) is 6.64. The minimum atomic E-state index is -0.823. The molecule has 0 amide bonds. The molecule has 0 aliphatic carbocycles. The number of rotatable bonds is 4. The van der Waals surface area contributed by atoms with Gasteiger partial charge in [-0.3, -0.25) is 4.79 Å². The van der Waals surface area contributed by atoms with Crippen molar-refractivity contribution < 1.29 is 9.90 Å². The van der Waals surface area contributed by atoms with Crippen molar-refractivity contribution in [3.05, 3.63) is 66.6 Å². The van der Waals surface area contributed by atoms with Gasteiger partial charge in [-0.1, -0.05) is 36.4 Å². The molecule has 3 rings (SSSR count). The molecule has 4 nitrogen and oxygen atoms in total. The summed E-state index contributed by atoms with van der Waals surface area (Å²) in [5, 5.41) is 8.59. The number of pyridine rings is 1. The quantitative estimate of drug-likeness (QED) is 0.794. The Balaban J connectivity index is 1.82. The predicted molar refractivity (Wildman–Crippen MR) is 81.9 cm³/mol. The van der Waals surface area contributed by atoms with Crippen molar-refractivity contribution in [2.24, 2.45) is 0 Å². The van der Waals surface area contributed by atoms with Crippen LogP contribution in [-0.2, 0) is 4.79 Å². The van der Waals surface area contributed by atoms with Crippen LogP contribution >= 0.6 is 0 Å². The van der Waals surface area contributed by atoms with E-state index in [1.54, 1.807) is 12.3 Å². The van der Waals surface area contributed by atoms with E-state index in [-0.39, 0.29) is 6.42 Å². The van der Waals surface area contributed by atoms with Gasteiger partial charge in [-0.15, -0.1) is 0 Å². The maximum atomic E-state index is 10.5. The average molecular weight is 278 g/mol. The van der Waals surface area contributed by atoms with Crippen LogP contribution in [0.15, 0.2) is 61.1 Å². The number of aromatic nitrogens is 2. The molecule has 0 spiro atoms. The zero-order chi connectivity index (χ0) is 14.7. The number of carbonyl (C=O) groups is 1. The molecular weight excluding hydrogens is 264 g/mol. The number of fused-ring (bicyclic) bond motifs is 1. The molecule has 1 N–H and O–H groups in total.